The van der Waals surface area contributed by atoms with Gasteiger partial charge in [-0.05, 0) is 66.6 Å². The standard InChI is InChI=1S/C16H18ClIN2O/c1-2-5-19-10-7-11(8-10)21-16-14(18)9-13(17)12-4-3-6-20-15(12)16/h3-4,6,9-11,19H,2,5,7-8H2,1H3. The highest BCUT2D eigenvalue weighted by Gasteiger charge is 2.31. The van der Waals surface area contributed by atoms with Gasteiger partial charge in [0, 0.05) is 17.6 Å². The largest absolute Gasteiger partial charge is 0.487 e. The minimum Gasteiger partial charge on any atom is -0.487 e. The van der Waals surface area contributed by atoms with Crippen LogP contribution >= 0.6 is 34.2 Å². The Hall–Kier alpha value is -0.590. The van der Waals surface area contributed by atoms with E-state index < -0.39 is 0 Å². The smallest absolute Gasteiger partial charge is 0.159 e. The van der Waals surface area contributed by atoms with Gasteiger partial charge in [0.15, 0.2) is 5.75 Å². The second-order valence-electron chi connectivity index (χ2n) is 5.43. The molecule has 0 saturated heterocycles. The highest BCUT2D eigenvalue weighted by atomic mass is 127. The van der Waals surface area contributed by atoms with Gasteiger partial charge in [-0.3, -0.25) is 4.98 Å². The van der Waals surface area contributed by atoms with Crippen LogP contribution in [0.15, 0.2) is 24.4 Å². The minimum absolute atomic E-state index is 0.277. The number of nitrogens with one attached hydrogen (secondary N) is 1. The van der Waals surface area contributed by atoms with E-state index in [-0.39, 0.29) is 6.10 Å². The molecule has 0 spiro atoms. The fraction of sp³-hybridized carbons (Fsp3) is 0.438. The van der Waals surface area contributed by atoms with Gasteiger partial charge in [0.1, 0.15) is 11.6 Å². The predicted molar refractivity (Wildman–Crippen MR) is 95.2 cm³/mol. The predicted octanol–water partition coefficient (Wildman–Crippen LogP) is 4.40. The maximum absolute atomic E-state index is 6.29. The Morgan fingerprint density at radius 2 is 2.29 bits per heavy atom. The normalized spacial score (nSPS) is 21.3. The first-order valence-corrected chi connectivity index (χ1v) is 8.77. The number of nitrogens with zero attached hydrogens (tertiary/aromatic N) is 1. The van der Waals surface area contributed by atoms with E-state index in [0.29, 0.717) is 6.04 Å². The van der Waals surface area contributed by atoms with E-state index in [4.69, 9.17) is 16.3 Å². The van der Waals surface area contributed by atoms with Crippen LogP contribution in [0.5, 0.6) is 5.75 Å². The lowest BCUT2D eigenvalue weighted by Gasteiger charge is -2.36. The van der Waals surface area contributed by atoms with Gasteiger partial charge in [-0.15, -0.1) is 0 Å². The summed E-state index contributed by atoms with van der Waals surface area (Å²) in [5.41, 5.74) is 0.861. The Bertz CT molecular complexity index is 643. The van der Waals surface area contributed by atoms with Crippen LogP contribution in [0.4, 0.5) is 0 Å². The van der Waals surface area contributed by atoms with Crippen molar-refractivity contribution in [2.24, 2.45) is 0 Å². The van der Waals surface area contributed by atoms with Crippen LogP contribution in [0.25, 0.3) is 10.9 Å². The summed E-state index contributed by atoms with van der Waals surface area (Å²) in [6, 6.07) is 6.44. The third-order valence-electron chi connectivity index (χ3n) is 3.81. The number of fused-ring (bicyclic) bond motifs is 1. The van der Waals surface area contributed by atoms with E-state index in [2.05, 4.69) is 39.8 Å². The monoisotopic (exact) mass is 416 g/mol. The molecule has 0 atom stereocenters. The molecule has 1 aliphatic carbocycles. The molecule has 3 rings (SSSR count). The first-order chi connectivity index (χ1) is 10.2. The Morgan fingerprint density at radius 3 is 3.05 bits per heavy atom. The second kappa shape index (κ2) is 6.67. The van der Waals surface area contributed by atoms with Crippen LogP contribution in [-0.2, 0) is 0 Å². The summed E-state index contributed by atoms with van der Waals surface area (Å²) >= 11 is 8.56. The average molecular weight is 417 g/mol. The molecule has 0 aliphatic heterocycles. The lowest BCUT2D eigenvalue weighted by molar-refractivity contribution is 0.0857. The Balaban J connectivity index is 1.76. The van der Waals surface area contributed by atoms with Crippen molar-refractivity contribution in [1.29, 1.82) is 0 Å². The van der Waals surface area contributed by atoms with Crippen LogP contribution in [0.1, 0.15) is 26.2 Å². The Labute approximate surface area is 143 Å². The number of rotatable bonds is 5. The van der Waals surface area contributed by atoms with E-state index >= 15 is 0 Å². The topological polar surface area (TPSA) is 34.1 Å². The number of hydrogen-bond donors (Lipinski definition) is 1. The summed E-state index contributed by atoms with van der Waals surface area (Å²) in [5.74, 6) is 0.870. The summed E-state index contributed by atoms with van der Waals surface area (Å²) in [4.78, 5) is 4.45. The van der Waals surface area contributed by atoms with Gasteiger partial charge in [0.25, 0.3) is 0 Å². The van der Waals surface area contributed by atoms with Crippen molar-refractivity contribution in [3.63, 3.8) is 0 Å². The van der Waals surface area contributed by atoms with Gasteiger partial charge in [-0.2, -0.15) is 0 Å². The van der Waals surface area contributed by atoms with E-state index in [0.717, 1.165) is 44.6 Å². The first kappa shape index (κ1) is 15.3. The average Bonchev–Trinajstić information content (AvgIpc) is 2.44. The molecule has 1 heterocycles. The zero-order chi connectivity index (χ0) is 14.8. The maximum Gasteiger partial charge on any atom is 0.159 e. The van der Waals surface area contributed by atoms with Crippen LogP contribution in [0.3, 0.4) is 0 Å². The number of ether oxygens (including phenoxy) is 1. The molecule has 5 heteroatoms. The summed E-state index contributed by atoms with van der Waals surface area (Å²) in [7, 11) is 0. The SMILES string of the molecule is CCCNC1CC(Oc2c(I)cc(Cl)c3cccnc23)C1. The molecule has 2 aromatic rings. The van der Waals surface area contributed by atoms with Gasteiger partial charge < -0.3 is 10.1 Å². The van der Waals surface area contributed by atoms with Crippen LogP contribution in [-0.4, -0.2) is 23.7 Å². The van der Waals surface area contributed by atoms with E-state index in [1.54, 1.807) is 6.20 Å². The highest BCUT2D eigenvalue weighted by molar-refractivity contribution is 14.1. The van der Waals surface area contributed by atoms with Gasteiger partial charge >= 0.3 is 0 Å². The Kier molecular flexibility index (Phi) is 4.86. The van der Waals surface area contributed by atoms with Crippen molar-refractivity contribution in [2.75, 3.05) is 6.54 Å². The molecule has 3 nitrogen and oxygen atoms in total. The third-order valence-corrected chi connectivity index (χ3v) is 4.93. The van der Waals surface area contributed by atoms with E-state index in [1.807, 2.05) is 18.2 Å². The summed E-state index contributed by atoms with van der Waals surface area (Å²) < 4.78 is 7.21. The molecule has 1 saturated carbocycles. The summed E-state index contributed by atoms with van der Waals surface area (Å²) in [6.07, 6.45) is 5.36. The van der Waals surface area contributed by atoms with Crippen molar-refractivity contribution >= 4 is 45.1 Å². The highest BCUT2D eigenvalue weighted by Crippen LogP contribution is 2.37. The van der Waals surface area contributed by atoms with E-state index in [9.17, 15) is 0 Å². The molecule has 0 bridgehead atoms. The van der Waals surface area contributed by atoms with Gasteiger partial charge in [0.05, 0.1) is 8.59 Å². The Morgan fingerprint density at radius 1 is 1.48 bits per heavy atom. The summed E-state index contributed by atoms with van der Waals surface area (Å²) in [6.45, 7) is 3.27. The quantitative estimate of drug-likeness (QED) is 0.734. The zero-order valence-corrected chi connectivity index (χ0v) is 14.8. The molecule has 1 aromatic heterocycles. The number of benzene rings is 1. The van der Waals surface area contributed by atoms with Gasteiger partial charge in [0.2, 0.25) is 0 Å². The zero-order valence-electron chi connectivity index (χ0n) is 11.9. The molecule has 1 aliphatic rings. The fourth-order valence-electron chi connectivity index (χ4n) is 2.60. The maximum atomic E-state index is 6.29. The molecule has 1 fully saturated rings. The van der Waals surface area contributed by atoms with Gasteiger partial charge in [-0.1, -0.05) is 18.5 Å². The summed E-state index contributed by atoms with van der Waals surface area (Å²) in [5, 5.41) is 5.21. The number of aromatic nitrogens is 1. The third kappa shape index (κ3) is 3.27. The number of pyridine rings is 1. The van der Waals surface area contributed by atoms with Crippen molar-refractivity contribution in [3.05, 3.63) is 33.0 Å². The number of halogens is 2. The van der Waals surface area contributed by atoms with Crippen molar-refractivity contribution in [2.45, 2.75) is 38.3 Å². The van der Waals surface area contributed by atoms with E-state index in [1.165, 1.54) is 6.42 Å². The molecular formula is C16H18ClIN2O. The second-order valence-corrected chi connectivity index (χ2v) is 7.00. The van der Waals surface area contributed by atoms with Crippen LogP contribution in [0, 0.1) is 3.57 Å². The molecule has 112 valence electrons. The molecule has 1 N–H and O–H groups in total. The van der Waals surface area contributed by atoms with Crippen LogP contribution in [0.2, 0.25) is 5.02 Å². The molecular weight excluding hydrogens is 399 g/mol. The number of hydrogen-bond acceptors (Lipinski definition) is 3. The fourth-order valence-corrected chi connectivity index (χ4v) is 3.74. The molecule has 1 aromatic carbocycles. The lowest BCUT2D eigenvalue weighted by Crippen LogP contribution is -2.47. The molecule has 0 amide bonds. The van der Waals surface area contributed by atoms with Gasteiger partial charge in [-0.25, -0.2) is 0 Å². The minimum atomic E-state index is 0.277. The lowest BCUT2D eigenvalue weighted by atomic mass is 9.89. The molecule has 0 unspecified atom stereocenters. The molecule has 0 radical (unpaired) electrons. The first-order valence-electron chi connectivity index (χ1n) is 7.31. The van der Waals surface area contributed by atoms with Crippen molar-refractivity contribution in [1.82, 2.24) is 10.3 Å². The molecule has 21 heavy (non-hydrogen) atoms. The van der Waals surface area contributed by atoms with Crippen molar-refractivity contribution in [3.8, 4) is 5.75 Å². The van der Waals surface area contributed by atoms with Crippen molar-refractivity contribution < 1.29 is 4.74 Å². The van der Waals surface area contributed by atoms with Crippen LogP contribution < -0.4 is 10.1 Å².